The third kappa shape index (κ3) is 4.37. The number of amides is 1. The lowest BCUT2D eigenvalue weighted by molar-refractivity contribution is 0.0489. The number of carbonyl (C=O) groups excluding carboxylic acids is 1. The van der Waals surface area contributed by atoms with E-state index in [0.29, 0.717) is 13.1 Å². The van der Waals surface area contributed by atoms with Crippen LogP contribution in [0.2, 0.25) is 0 Å². The molecule has 1 aliphatic rings. The molecule has 5 nitrogen and oxygen atoms in total. The van der Waals surface area contributed by atoms with Crippen LogP contribution >= 0.6 is 0 Å². The van der Waals surface area contributed by atoms with Crippen LogP contribution in [-0.4, -0.2) is 48.8 Å². The molecule has 0 aromatic carbocycles. The topological polar surface area (TPSA) is 67.6 Å². The monoisotopic (exact) mass is 229 g/mol. The van der Waals surface area contributed by atoms with Crippen molar-refractivity contribution in [2.75, 3.05) is 26.2 Å². The molecule has 0 saturated carbocycles. The van der Waals surface area contributed by atoms with Crippen molar-refractivity contribution < 1.29 is 9.53 Å². The molecule has 1 saturated heterocycles. The van der Waals surface area contributed by atoms with Gasteiger partial charge in [-0.25, -0.2) is 4.79 Å². The largest absolute Gasteiger partial charge is 0.444 e. The SMILES string of the molecule is CC(C)(C)OC(=O)NCC(CN)N1CCC1. The lowest BCUT2D eigenvalue weighted by Gasteiger charge is -2.37. The predicted octanol–water partition coefficient (Wildman–Crippen LogP) is 0.544. The van der Waals surface area contributed by atoms with Gasteiger partial charge in [0, 0.05) is 19.1 Å². The first kappa shape index (κ1) is 13.3. The first-order valence-electron chi connectivity index (χ1n) is 5.83. The van der Waals surface area contributed by atoms with Gasteiger partial charge in [0.05, 0.1) is 0 Å². The van der Waals surface area contributed by atoms with Crippen LogP contribution in [0.5, 0.6) is 0 Å². The second-order valence-corrected chi connectivity index (χ2v) is 5.16. The summed E-state index contributed by atoms with van der Waals surface area (Å²) < 4.78 is 5.15. The smallest absolute Gasteiger partial charge is 0.407 e. The first-order chi connectivity index (χ1) is 7.42. The summed E-state index contributed by atoms with van der Waals surface area (Å²) in [6.45, 7) is 8.84. The van der Waals surface area contributed by atoms with E-state index in [-0.39, 0.29) is 12.1 Å². The van der Waals surface area contributed by atoms with Crippen molar-refractivity contribution in [1.29, 1.82) is 0 Å². The van der Waals surface area contributed by atoms with Crippen LogP contribution in [0, 0.1) is 0 Å². The molecular formula is C11H23N3O2. The van der Waals surface area contributed by atoms with Crippen LogP contribution in [0.3, 0.4) is 0 Å². The van der Waals surface area contributed by atoms with Crippen molar-refractivity contribution >= 4 is 6.09 Å². The molecule has 1 rings (SSSR count). The number of likely N-dealkylation sites (tertiary alicyclic amines) is 1. The van der Waals surface area contributed by atoms with Crippen LogP contribution in [0.4, 0.5) is 4.79 Å². The lowest BCUT2D eigenvalue weighted by Crippen LogP contribution is -2.53. The van der Waals surface area contributed by atoms with E-state index in [9.17, 15) is 4.79 Å². The van der Waals surface area contributed by atoms with Crippen LogP contribution in [0.15, 0.2) is 0 Å². The van der Waals surface area contributed by atoms with Crippen molar-refractivity contribution in [2.24, 2.45) is 5.73 Å². The number of rotatable bonds is 4. The highest BCUT2D eigenvalue weighted by Gasteiger charge is 2.24. The van der Waals surface area contributed by atoms with Gasteiger partial charge in [-0.3, -0.25) is 4.90 Å². The fourth-order valence-electron chi connectivity index (χ4n) is 1.58. The van der Waals surface area contributed by atoms with Crippen molar-refractivity contribution in [2.45, 2.75) is 38.8 Å². The summed E-state index contributed by atoms with van der Waals surface area (Å²) in [6, 6.07) is 0.237. The summed E-state index contributed by atoms with van der Waals surface area (Å²) in [4.78, 5) is 13.7. The van der Waals surface area contributed by atoms with E-state index in [1.807, 2.05) is 20.8 Å². The molecule has 0 aromatic heterocycles. The second kappa shape index (κ2) is 5.50. The van der Waals surface area contributed by atoms with Gasteiger partial charge < -0.3 is 15.8 Å². The standard InChI is InChI=1S/C11H23N3O2/c1-11(2,3)16-10(15)13-8-9(7-12)14-5-4-6-14/h9H,4-8,12H2,1-3H3,(H,13,15). The van der Waals surface area contributed by atoms with Gasteiger partial charge in [-0.2, -0.15) is 0 Å². The molecule has 0 aliphatic carbocycles. The first-order valence-corrected chi connectivity index (χ1v) is 5.83. The van der Waals surface area contributed by atoms with Crippen molar-refractivity contribution in [3.63, 3.8) is 0 Å². The molecule has 1 amide bonds. The fraction of sp³-hybridized carbons (Fsp3) is 0.909. The van der Waals surface area contributed by atoms with Gasteiger partial charge in [-0.1, -0.05) is 0 Å². The minimum absolute atomic E-state index is 0.237. The summed E-state index contributed by atoms with van der Waals surface area (Å²) in [5, 5.41) is 2.76. The molecule has 1 atom stereocenters. The molecule has 94 valence electrons. The van der Waals surface area contributed by atoms with Crippen LogP contribution < -0.4 is 11.1 Å². The number of hydrogen-bond donors (Lipinski definition) is 2. The molecule has 0 bridgehead atoms. The molecule has 1 fully saturated rings. The van der Waals surface area contributed by atoms with E-state index in [4.69, 9.17) is 10.5 Å². The Kier molecular flexibility index (Phi) is 4.56. The molecule has 0 spiro atoms. The van der Waals surface area contributed by atoms with Gasteiger partial charge in [0.15, 0.2) is 0 Å². The molecule has 16 heavy (non-hydrogen) atoms. The van der Waals surface area contributed by atoms with Gasteiger partial charge >= 0.3 is 6.09 Å². The Labute approximate surface area is 97.3 Å². The van der Waals surface area contributed by atoms with Gasteiger partial charge in [-0.15, -0.1) is 0 Å². The number of ether oxygens (including phenoxy) is 1. The van der Waals surface area contributed by atoms with Gasteiger partial charge in [0.2, 0.25) is 0 Å². The number of nitrogens with two attached hydrogens (primary N) is 1. The molecule has 1 unspecified atom stereocenters. The maximum Gasteiger partial charge on any atom is 0.407 e. The normalized spacial score (nSPS) is 18.8. The number of alkyl carbamates (subject to hydrolysis) is 1. The summed E-state index contributed by atoms with van der Waals surface area (Å²) in [6.07, 6.45) is 0.856. The number of nitrogens with zero attached hydrogens (tertiary/aromatic N) is 1. The molecule has 1 aliphatic heterocycles. The number of hydrogen-bond acceptors (Lipinski definition) is 4. The lowest BCUT2D eigenvalue weighted by atomic mass is 10.1. The summed E-state index contributed by atoms with van der Waals surface area (Å²) >= 11 is 0. The molecule has 3 N–H and O–H groups in total. The third-order valence-electron chi connectivity index (χ3n) is 2.56. The molecule has 0 radical (unpaired) electrons. The fourth-order valence-corrected chi connectivity index (χ4v) is 1.58. The van der Waals surface area contributed by atoms with Crippen molar-refractivity contribution in [3.8, 4) is 0 Å². The minimum Gasteiger partial charge on any atom is -0.444 e. The summed E-state index contributed by atoms with van der Waals surface area (Å²) in [5.41, 5.74) is 5.22. The van der Waals surface area contributed by atoms with E-state index in [1.165, 1.54) is 6.42 Å². The Morgan fingerprint density at radius 3 is 2.50 bits per heavy atom. The zero-order valence-corrected chi connectivity index (χ0v) is 10.5. The van der Waals surface area contributed by atoms with Gasteiger partial charge in [0.25, 0.3) is 0 Å². The minimum atomic E-state index is -0.445. The van der Waals surface area contributed by atoms with Crippen molar-refractivity contribution in [3.05, 3.63) is 0 Å². The highest BCUT2D eigenvalue weighted by Crippen LogP contribution is 2.10. The van der Waals surface area contributed by atoms with Gasteiger partial charge in [0.1, 0.15) is 5.60 Å². The number of carbonyl (C=O) groups is 1. The van der Waals surface area contributed by atoms with E-state index in [0.717, 1.165) is 13.1 Å². The zero-order valence-electron chi connectivity index (χ0n) is 10.5. The van der Waals surface area contributed by atoms with Crippen molar-refractivity contribution in [1.82, 2.24) is 10.2 Å². The highest BCUT2D eigenvalue weighted by molar-refractivity contribution is 5.67. The maximum absolute atomic E-state index is 11.4. The summed E-state index contributed by atoms with van der Waals surface area (Å²) in [5.74, 6) is 0. The molecule has 0 aromatic rings. The molecule has 1 heterocycles. The van der Waals surface area contributed by atoms with Gasteiger partial charge in [-0.05, 0) is 40.3 Å². The Hall–Kier alpha value is -0.810. The zero-order chi connectivity index (χ0) is 12.2. The average Bonchev–Trinajstić information content (AvgIpc) is 2.05. The van der Waals surface area contributed by atoms with E-state index in [2.05, 4.69) is 10.2 Å². The molecule has 5 heteroatoms. The van der Waals surface area contributed by atoms with Crippen LogP contribution in [-0.2, 0) is 4.74 Å². The third-order valence-corrected chi connectivity index (χ3v) is 2.56. The van der Waals surface area contributed by atoms with E-state index in [1.54, 1.807) is 0 Å². The Bertz CT molecular complexity index is 234. The summed E-state index contributed by atoms with van der Waals surface area (Å²) in [7, 11) is 0. The predicted molar refractivity (Wildman–Crippen MR) is 63.3 cm³/mol. The number of nitrogens with one attached hydrogen (secondary N) is 1. The Morgan fingerprint density at radius 1 is 1.50 bits per heavy atom. The van der Waals surface area contributed by atoms with Crippen LogP contribution in [0.25, 0.3) is 0 Å². The maximum atomic E-state index is 11.4. The average molecular weight is 229 g/mol. The Balaban J connectivity index is 2.23. The molecular weight excluding hydrogens is 206 g/mol. The second-order valence-electron chi connectivity index (χ2n) is 5.16. The van der Waals surface area contributed by atoms with E-state index < -0.39 is 5.60 Å². The Morgan fingerprint density at radius 2 is 2.12 bits per heavy atom. The van der Waals surface area contributed by atoms with Crippen LogP contribution in [0.1, 0.15) is 27.2 Å². The highest BCUT2D eigenvalue weighted by atomic mass is 16.6. The van der Waals surface area contributed by atoms with E-state index >= 15 is 0 Å². The quantitative estimate of drug-likeness (QED) is 0.738.